The molecule has 0 saturated carbocycles. The van der Waals surface area contributed by atoms with Crippen LogP contribution in [0.4, 0.5) is 5.82 Å². The molecule has 1 aromatic heterocycles. The van der Waals surface area contributed by atoms with Crippen LogP contribution in [0.5, 0.6) is 5.75 Å². The van der Waals surface area contributed by atoms with Crippen molar-refractivity contribution < 1.29 is 4.74 Å². The van der Waals surface area contributed by atoms with Gasteiger partial charge in [-0.05, 0) is 12.1 Å². The molecule has 88 valence electrons. The summed E-state index contributed by atoms with van der Waals surface area (Å²) in [6, 6.07) is 7.50. The van der Waals surface area contributed by atoms with Crippen molar-refractivity contribution in [1.82, 2.24) is 9.97 Å². The third-order valence-electron chi connectivity index (χ3n) is 2.45. The summed E-state index contributed by atoms with van der Waals surface area (Å²) in [4.78, 5) is 8.45. The molecule has 2 aromatic rings. The van der Waals surface area contributed by atoms with Gasteiger partial charge in [0.1, 0.15) is 11.6 Å². The first-order valence-corrected chi connectivity index (χ1v) is 5.20. The van der Waals surface area contributed by atoms with Crippen molar-refractivity contribution in [3.8, 4) is 17.1 Å². The lowest BCUT2D eigenvalue weighted by Gasteiger charge is -2.06. The normalized spacial score (nSPS) is 10.2. The van der Waals surface area contributed by atoms with E-state index in [1.807, 2.05) is 24.3 Å². The number of methoxy groups -OCH3 is 1. The molecule has 0 aliphatic heterocycles. The minimum atomic E-state index is 0.338. The van der Waals surface area contributed by atoms with Crippen molar-refractivity contribution in [3.05, 3.63) is 36.0 Å². The molecule has 0 saturated heterocycles. The van der Waals surface area contributed by atoms with Crippen LogP contribution in [0.15, 0.2) is 30.5 Å². The Hall–Kier alpha value is -2.14. The Labute approximate surface area is 99.5 Å². The van der Waals surface area contributed by atoms with Gasteiger partial charge < -0.3 is 16.2 Å². The fraction of sp³-hybridized carbons (Fsp3) is 0.167. The number of benzene rings is 1. The van der Waals surface area contributed by atoms with E-state index < -0.39 is 0 Å². The maximum atomic E-state index is 5.78. The highest BCUT2D eigenvalue weighted by molar-refractivity contribution is 5.59. The quantitative estimate of drug-likeness (QED) is 0.827. The summed E-state index contributed by atoms with van der Waals surface area (Å²) in [5, 5.41) is 0. The number of rotatable bonds is 3. The van der Waals surface area contributed by atoms with Crippen molar-refractivity contribution in [2.75, 3.05) is 12.8 Å². The van der Waals surface area contributed by atoms with Crippen LogP contribution in [0, 0.1) is 0 Å². The zero-order valence-electron chi connectivity index (χ0n) is 9.55. The average molecular weight is 230 g/mol. The van der Waals surface area contributed by atoms with Gasteiger partial charge in [0.25, 0.3) is 0 Å². The van der Waals surface area contributed by atoms with E-state index in [0.717, 1.165) is 16.9 Å². The molecular weight excluding hydrogens is 216 g/mol. The molecule has 1 aromatic carbocycles. The number of nitrogens with zero attached hydrogens (tertiary/aromatic N) is 2. The summed E-state index contributed by atoms with van der Waals surface area (Å²) in [6.07, 6.45) is 1.65. The van der Waals surface area contributed by atoms with Crippen molar-refractivity contribution in [2.45, 2.75) is 6.54 Å². The number of nitrogens with two attached hydrogens (primary N) is 2. The summed E-state index contributed by atoms with van der Waals surface area (Å²) in [6.45, 7) is 0.338. The second-order valence-electron chi connectivity index (χ2n) is 3.54. The van der Waals surface area contributed by atoms with Crippen LogP contribution in [0.25, 0.3) is 11.4 Å². The molecule has 4 N–H and O–H groups in total. The highest BCUT2D eigenvalue weighted by Crippen LogP contribution is 2.21. The highest BCUT2D eigenvalue weighted by Gasteiger charge is 2.05. The molecule has 2 rings (SSSR count). The number of hydrogen-bond donors (Lipinski definition) is 2. The summed E-state index contributed by atoms with van der Waals surface area (Å²) >= 11 is 0. The zero-order valence-corrected chi connectivity index (χ0v) is 9.55. The second-order valence-corrected chi connectivity index (χ2v) is 3.54. The van der Waals surface area contributed by atoms with Crippen LogP contribution in [0.1, 0.15) is 5.56 Å². The monoisotopic (exact) mass is 230 g/mol. The van der Waals surface area contributed by atoms with E-state index in [4.69, 9.17) is 16.2 Å². The van der Waals surface area contributed by atoms with Crippen LogP contribution in [-0.4, -0.2) is 17.1 Å². The van der Waals surface area contributed by atoms with E-state index in [0.29, 0.717) is 18.2 Å². The Bertz CT molecular complexity index is 528. The molecule has 0 unspecified atom stereocenters. The van der Waals surface area contributed by atoms with Gasteiger partial charge in [-0.2, -0.15) is 0 Å². The van der Waals surface area contributed by atoms with Crippen LogP contribution in [-0.2, 0) is 6.54 Å². The molecule has 1 heterocycles. The molecule has 0 atom stereocenters. The Morgan fingerprint density at radius 3 is 2.82 bits per heavy atom. The van der Waals surface area contributed by atoms with Crippen LogP contribution in [0.3, 0.4) is 0 Å². The molecular formula is C12H14N4O. The van der Waals surface area contributed by atoms with Crippen molar-refractivity contribution in [3.63, 3.8) is 0 Å². The summed E-state index contributed by atoms with van der Waals surface area (Å²) in [5.74, 6) is 1.74. The van der Waals surface area contributed by atoms with Gasteiger partial charge in [-0.1, -0.05) is 12.1 Å². The van der Waals surface area contributed by atoms with Crippen LogP contribution in [0.2, 0.25) is 0 Å². The van der Waals surface area contributed by atoms with Crippen molar-refractivity contribution in [2.24, 2.45) is 5.73 Å². The lowest BCUT2D eigenvalue weighted by atomic mass is 10.2. The Morgan fingerprint density at radius 2 is 2.18 bits per heavy atom. The van der Waals surface area contributed by atoms with Crippen LogP contribution >= 0.6 is 0 Å². The van der Waals surface area contributed by atoms with Crippen molar-refractivity contribution in [1.29, 1.82) is 0 Å². The van der Waals surface area contributed by atoms with E-state index in [1.165, 1.54) is 0 Å². The van der Waals surface area contributed by atoms with Gasteiger partial charge in [0.2, 0.25) is 0 Å². The molecule has 0 aliphatic rings. The van der Waals surface area contributed by atoms with Gasteiger partial charge in [0.05, 0.1) is 7.11 Å². The van der Waals surface area contributed by atoms with E-state index in [9.17, 15) is 0 Å². The average Bonchev–Trinajstić information content (AvgIpc) is 2.38. The Balaban J connectivity index is 2.42. The number of anilines is 1. The smallest absolute Gasteiger partial charge is 0.161 e. The van der Waals surface area contributed by atoms with E-state index in [-0.39, 0.29) is 0 Å². The molecule has 0 fully saturated rings. The van der Waals surface area contributed by atoms with E-state index in [1.54, 1.807) is 13.3 Å². The van der Waals surface area contributed by atoms with Crippen LogP contribution < -0.4 is 16.2 Å². The third-order valence-corrected chi connectivity index (χ3v) is 2.45. The predicted molar refractivity (Wildman–Crippen MR) is 66.3 cm³/mol. The Morgan fingerprint density at radius 1 is 1.35 bits per heavy atom. The molecule has 5 nitrogen and oxygen atoms in total. The topological polar surface area (TPSA) is 87.0 Å². The first kappa shape index (κ1) is 11.3. The zero-order chi connectivity index (χ0) is 12.3. The predicted octanol–water partition coefficient (Wildman–Crippen LogP) is 1.19. The molecule has 0 spiro atoms. The minimum absolute atomic E-state index is 0.338. The lowest BCUT2D eigenvalue weighted by Crippen LogP contribution is -2.05. The molecule has 0 bridgehead atoms. The summed E-state index contributed by atoms with van der Waals surface area (Å²) < 4.78 is 5.14. The van der Waals surface area contributed by atoms with Gasteiger partial charge in [-0.15, -0.1) is 0 Å². The minimum Gasteiger partial charge on any atom is -0.497 e. The number of nitrogen functional groups attached to an aromatic ring is 1. The van der Waals surface area contributed by atoms with Crippen molar-refractivity contribution >= 4 is 5.82 Å². The molecule has 0 radical (unpaired) electrons. The molecule has 17 heavy (non-hydrogen) atoms. The number of hydrogen-bond acceptors (Lipinski definition) is 5. The largest absolute Gasteiger partial charge is 0.497 e. The van der Waals surface area contributed by atoms with E-state index in [2.05, 4.69) is 9.97 Å². The Kier molecular flexibility index (Phi) is 3.20. The molecule has 0 aliphatic carbocycles. The first-order chi connectivity index (χ1) is 8.24. The third kappa shape index (κ3) is 2.34. The standard InChI is InChI=1S/C12H14N4O/c1-17-10-4-2-3-8(5-10)12-15-7-9(6-13)11(14)16-12/h2-5,7H,6,13H2,1H3,(H2,14,15,16). The maximum absolute atomic E-state index is 5.78. The molecule has 0 amide bonds. The lowest BCUT2D eigenvalue weighted by molar-refractivity contribution is 0.415. The van der Waals surface area contributed by atoms with Gasteiger partial charge in [-0.3, -0.25) is 0 Å². The fourth-order valence-electron chi connectivity index (χ4n) is 1.48. The van der Waals surface area contributed by atoms with Gasteiger partial charge in [0, 0.05) is 23.9 Å². The van der Waals surface area contributed by atoms with Gasteiger partial charge in [0.15, 0.2) is 5.82 Å². The van der Waals surface area contributed by atoms with E-state index >= 15 is 0 Å². The molecule has 5 heteroatoms. The second kappa shape index (κ2) is 4.80. The van der Waals surface area contributed by atoms with Gasteiger partial charge >= 0.3 is 0 Å². The summed E-state index contributed by atoms with van der Waals surface area (Å²) in [5.41, 5.74) is 12.9. The summed E-state index contributed by atoms with van der Waals surface area (Å²) in [7, 11) is 1.62. The maximum Gasteiger partial charge on any atom is 0.161 e. The number of aromatic nitrogens is 2. The highest BCUT2D eigenvalue weighted by atomic mass is 16.5. The van der Waals surface area contributed by atoms with Gasteiger partial charge in [-0.25, -0.2) is 9.97 Å². The first-order valence-electron chi connectivity index (χ1n) is 5.20. The SMILES string of the molecule is COc1cccc(-c2ncc(CN)c(N)n2)c1. The number of ether oxygens (including phenoxy) is 1. The fourth-order valence-corrected chi connectivity index (χ4v) is 1.48.